The van der Waals surface area contributed by atoms with Crippen molar-refractivity contribution in [1.82, 2.24) is 0 Å². The van der Waals surface area contributed by atoms with Crippen LogP contribution in [0.1, 0.15) is 19.5 Å². The van der Waals surface area contributed by atoms with Crippen LogP contribution in [0.4, 0.5) is 4.39 Å². The highest BCUT2D eigenvalue weighted by molar-refractivity contribution is 6.34. The van der Waals surface area contributed by atoms with Gasteiger partial charge in [0.05, 0.1) is 12.3 Å². The molecule has 0 saturated heterocycles. The topological polar surface area (TPSA) is 52.8 Å². The number of rotatable bonds is 2. The average Bonchev–Trinajstić information content (AvgIpc) is 2.82. The normalized spacial score (nSPS) is 14.5. The molecule has 3 rings (SSSR count). The molecule has 0 atom stereocenters. The molecular weight excluding hydrogens is 269 g/mol. The van der Waals surface area contributed by atoms with Crippen molar-refractivity contribution in [3.63, 3.8) is 0 Å². The van der Waals surface area contributed by atoms with Crippen molar-refractivity contribution in [1.29, 1.82) is 0 Å². The van der Waals surface area contributed by atoms with Gasteiger partial charge in [-0.15, -0.1) is 0 Å². The Bertz CT molecular complexity index is 767. The average molecular weight is 285 g/mol. The van der Waals surface area contributed by atoms with Gasteiger partial charge in [-0.05, 0) is 42.3 Å². The van der Waals surface area contributed by atoms with Crippen molar-refractivity contribution < 1.29 is 16.0 Å². The van der Waals surface area contributed by atoms with Crippen LogP contribution in [0.5, 0.6) is 11.5 Å². The van der Waals surface area contributed by atoms with Crippen LogP contribution in [0.15, 0.2) is 53.0 Å². The lowest BCUT2D eigenvalue weighted by Gasteiger charge is -2.11. The van der Waals surface area contributed by atoms with Crippen LogP contribution in [-0.4, -0.2) is 22.5 Å². The number of allylic oxidation sites excluding steroid dienone is 1. The molecule has 1 aliphatic heterocycles. The summed E-state index contributed by atoms with van der Waals surface area (Å²) in [6.45, 7) is 2.51. The lowest BCUT2D eigenvalue weighted by Crippen LogP contribution is -2.03. The van der Waals surface area contributed by atoms with E-state index in [2.05, 4.69) is 4.99 Å². The standard InChI is InChI=1S/C17H14FNO2.H2/c1-10-9-19-17(14-7-6-13(20)8-15(14)21)16(10)11-2-4-12(18)5-3-11;/h2-8,20-21H,9H2,1H3;1H. The van der Waals surface area contributed by atoms with Gasteiger partial charge in [-0.25, -0.2) is 4.39 Å². The van der Waals surface area contributed by atoms with E-state index in [1.807, 2.05) is 6.92 Å². The third-order valence-corrected chi connectivity index (χ3v) is 3.51. The SMILES string of the molecule is CC1=C(c2ccc(F)cc2)C(c2ccc(O)cc2O)=NC1.[HH]. The van der Waals surface area contributed by atoms with Crippen molar-refractivity contribution in [2.24, 2.45) is 4.99 Å². The van der Waals surface area contributed by atoms with E-state index < -0.39 is 0 Å². The first-order valence-electron chi connectivity index (χ1n) is 6.59. The Morgan fingerprint density at radius 1 is 1.10 bits per heavy atom. The fourth-order valence-electron chi connectivity index (χ4n) is 2.50. The number of hydrogen-bond donors (Lipinski definition) is 2. The molecule has 4 heteroatoms. The number of nitrogens with zero attached hydrogens (tertiary/aromatic N) is 1. The zero-order valence-corrected chi connectivity index (χ0v) is 11.5. The Hall–Kier alpha value is -2.62. The number of aliphatic imine (C=N–C) groups is 1. The largest absolute Gasteiger partial charge is 0.508 e. The molecule has 0 bridgehead atoms. The third-order valence-electron chi connectivity index (χ3n) is 3.51. The molecule has 1 heterocycles. The maximum absolute atomic E-state index is 13.1. The number of hydrogen-bond acceptors (Lipinski definition) is 3. The summed E-state index contributed by atoms with van der Waals surface area (Å²) in [7, 11) is 0. The zero-order chi connectivity index (χ0) is 15.0. The highest BCUT2D eigenvalue weighted by Crippen LogP contribution is 2.33. The first kappa shape index (κ1) is 13.4. The molecule has 0 amide bonds. The Balaban J connectivity index is 0.00000176. The monoisotopic (exact) mass is 285 g/mol. The van der Waals surface area contributed by atoms with E-state index in [0.29, 0.717) is 17.8 Å². The number of aromatic hydroxyl groups is 2. The molecule has 21 heavy (non-hydrogen) atoms. The summed E-state index contributed by atoms with van der Waals surface area (Å²) in [5, 5.41) is 19.4. The predicted molar refractivity (Wildman–Crippen MR) is 82.3 cm³/mol. The second kappa shape index (κ2) is 5.05. The quantitative estimate of drug-likeness (QED) is 0.882. The van der Waals surface area contributed by atoms with E-state index in [1.165, 1.54) is 24.3 Å². The summed E-state index contributed by atoms with van der Waals surface area (Å²) in [5.41, 5.74) is 4.04. The van der Waals surface area contributed by atoms with Crippen LogP contribution in [-0.2, 0) is 0 Å². The maximum atomic E-state index is 13.1. The lowest BCUT2D eigenvalue weighted by atomic mass is 9.93. The fourth-order valence-corrected chi connectivity index (χ4v) is 2.50. The minimum Gasteiger partial charge on any atom is -0.508 e. The van der Waals surface area contributed by atoms with Crippen molar-refractivity contribution in [3.8, 4) is 11.5 Å². The number of phenolic OH excluding ortho intramolecular Hbond substituents is 2. The van der Waals surface area contributed by atoms with Crippen molar-refractivity contribution >= 4 is 11.3 Å². The minimum absolute atomic E-state index is 0. The second-order valence-corrected chi connectivity index (χ2v) is 5.03. The molecule has 0 aliphatic carbocycles. The van der Waals surface area contributed by atoms with E-state index in [4.69, 9.17) is 0 Å². The third kappa shape index (κ3) is 2.40. The molecule has 0 aromatic heterocycles. The van der Waals surface area contributed by atoms with Gasteiger partial charge in [-0.2, -0.15) is 0 Å². The van der Waals surface area contributed by atoms with Gasteiger partial charge in [0.15, 0.2) is 0 Å². The first-order chi connectivity index (χ1) is 10.1. The lowest BCUT2D eigenvalue weighted by molar-refractivity contribution is 0.450. The summed E-state index contributed by atoms with van der Waals surface area (Å²) >= 11 is 0. The molecule has 1 aliphatic rings. The van der Waals surface area contributed by atoms with Crippen molar-refractivity contribution in [2.45, 2.75) is 6.92 Å². The van der Waals surface area contributed by atoms with Crippen LogP contribution in [0.2, 0.25) is 0 Å². The number of halogens is 1. The van der Waals surface area contributed by atoms with Gasteiger partial charge in [0.2, 0.25) is 0 Å². The molecular formula is C17H16FNO2. The van der Waals surface area contributed by atoms with Gasteiger partial charge >= 0.3 is 0 Å². The summed E-state index contributed by atoms with van der Waals surface area (Å²) in [6, 6.07) is 10.6. The zero-order valence-electron chi connectivity index (χ0n) is 11.5. The molecule has 0 unspecified atom stereocenters. The van der Waals surface area contributed by atoms with E-state index in [9.17, 15) is 14.6 Å². The smallest absolute Gasteiger partial charge is 0.128 e. The van der Waals surface area contributed by atoms with Crippen LogP contribution in [0.25, 0.3) is 5.57 Å². The van der Waals surface area contributed by atoms with E-state index in [-0.39, 0.29) is 18.7 Å². The highest BCUT2D eigenvalue weighted by atomic mass is 19.1. The van der Waals surface area contributed by atoms with Gasteiger partial charge < -0.3 is 10.2 Å². The van der Waals surface area contributed by atoms with E-state index >= 15 is 0 Å². The molecule has 2 aromatic rings. The Morgan fingerprint density at radius 2 is 1.81 bits per heavy atom. The van der Waals surface area contributed by atoms with Crippen LogP contribution < -0.4 is 0 Å². The van der Waals surface area contributed by atoms with Crippen LogP contribution in [0, 0.1) is 5.82 Å². The Kier molecular flexibility index (Phi) is 3.22. The Labute approximate surface area is 123 Å². The molecule has 0 saturated carbocycles. The summed E-state index contributed by atoms with van der Waals surface area (Å²) in [6.07, 6.45) is 0. The van der Waals surface area contributed by atoms with Crippen LogP contribution >= 0.6 is 0 Å². The van der Waals surface area contributed by atoms with Gasteiger partial charge in [0.25, 0.3) is 0 Å². The predicted octanol–water partition coefficient (Wildman–Crippen LogP) is 3.76. The van der Waals surface area contributed by atoms with Crippen molar-refractivity contribution in [3.05, 3.63) is 65.0 Å². The fraction of sp³-hybridized carbons (Fsp3) is 0.118. The van der Waals surface area contributed by atoms with Crippen molar-refractivity contribution in [2.75, 3.05) is 6.54 Å². The molecule has 2 aromatic carbocycles. The maximum Gasteiger partial charge on any atom is 0.128 e. The number of benzene rings is 2. The Morgan fingerprint density at radius 3 is 2.48 bits per heavy atom. The molecule has 3 nitrogen and oxygen atoms in total. The van der Waals surface area contributed by atoms with Gasteiger partial charge in [-0.3, -0.25) is 4.99 Å². The summed E-state index contributed by atoms with van der Waals surface area (Å²) in [5.74, 6) is -0.317. The van der Waals surface area contributed by atoms with E-state index in [0.717, 1.165) is 16.7 Å². The van der Waals surface area contributed by atoms with Gasteiger partial charge in [0.1, 0.15) is 17.3 Å². The molecule has 108 valence electrons. The second-order valence-electron chi connectivity index (χ2n) is 5.03. The van der Waals surface area contributed by atoms with Crippen LogP contribution in [0.3, 0.4) is 0 Å². The van der Waals surface area contributed by atoms with Gasteiger partial charge in [0, 0.05) is 18.6 Å². The summed E-state index contributed by atoms with van der Waals surface area (Å²) in [4.78, 5) is 4.46. The molecule has 0 fully saturated rings. The summed E-state index contributed by atoms with van der Waals surface area (Å²) < 4.78 is 13.1. The minimum atomic E-state index is -0.291. The van der Waals surface area contributed by atoms with E-state index in [1.54, 1.807) is 18.2 Å². The molecule has 0 spiro atoms. The molecule has 0 radical (unpaired) electrons. The highest BCUT2D eigenvalue weighted by Gasteiger charge is 2.22. The number of phenols is 2. The van der Waals surface area contributed by atoms with Gasteiger partial charge in [-0.1, -0.05) is 12.1 Å². The first-order valence-corrected chi connectivity index (χ1v) is 6.59. The molecule has 2 N–H and O–H groups in total.